The van der Waals surface area contributed by atoms with Gasteiger partial charge in [-0.25, -0.2) is 13.4 Å². The summed E-state index contributed by atoms with van der Waals surface area (Å²) >= 11 is 7.90. The Balaban J connectivity index is 1.95. The molecular formula is C19H24ClN5O2S2. The lowest BCUT2D eigenvalue weighted by atomic mass is 10.0. The van der Waals surface area contributed by atoms with E-state index in [0.717, 1.165) is 16.9 Å². The number of aromatic nitrogens is 1. The molecule has 29 heavy (non-hydrogen) atoms. The summed E-state index contributed by atoms with van der Waals surface area (Å²) in [6.07, 6.45) is 4.31. The largest absolute Gasteiger partial charge is 0.386 e. The second-order valence-corrected chi connectivity index (χ2v) is 11.6. The summed E-state index contributed by atoms with van der Waals surface area (Å²) in [7, 11) is -3.50. The minimum Gasteiger partial charge on any atom is -0.386 e. The lowest BCUT2D eigenvalue weighted by Crippen LogP contribution is -2.54. The summed E-state index contributed by atoms with van der Waals surface area (Å²) in [5.74, 6) is 0.581. The molecule has 3 rings (SSSR count). The average molecular weight is 454 g/mol. The molecule has 2 aromatic heterocycles. The van der Waals surface area contributed by atoms with Gasteiger partial charge in [0.15, 0.2) is 9.84 Å². The number of hydrogen-bond donors (Lipinski definition) is 2. The lowest BCUT2D eigenvalue weighted by molar-refractivity contribution is 0.507. The third-order valence-electron chi connectivity index (χ3n) is 4.91. The van der Waals surface area contributed by atoms with Crippen molar-refractivity contribution in [3.05, 3.63) is 34.3 Å². The molecule has 0 unspecified atom stereocenters. The molecule has 1 aliphatic rings. The van der Waals surface area contributed by atoms with Crippen molar-refractivity contribution in [2.45, 2.75) is 44.4 Å². The van der Waals surface area contributed by atoms with Crippen LogP contribution in [0.15, 0.2) is 34.5 Å². The molecule has 1 aliphatic heterocycles. The van der Waals surface area contributed by atoms with Crippen LogP contribution in [0.4, 0.5) is 5.82 Å². The molecule has 0 spiro atoms. The number of anilines is 1. The van der Waals surface area contributed by atoms with E-state index in [9.17, 15) is 8.42 Å². The number of rotatable bonds is 5. The van der Waals surface area contributed by atoms with Gasteiger partial charge in [-0.3, -0.25) is 10.4 Å². The summed E-state index contributed by atoms with van der Waals surface area (Å²) in [6, 6.07) is 5.54. The van der Waals surface area contributed by atoms with Crippen molar-refractivity contribution in [2.24, 2.45) is 15.8 Å². The van der Waals surface area contributed by atoms with Crippen molar-refractivity contribution in [2.75, 3.05) is 11.2 Å². The van der Waals surface area contributed by atoms with Crippen LogP contribution in [0, 0.1) is 0 Å². The van der Waals surface area contributed by atoms with Crippen molar-refractivity contribution >= 4 is 50.6 Å². The van der Waals surface area contributed by atoms with E-state index in [0.29, 0.717) is 15.7 Å². The van der Waals surface area contributed by atoms with Gasteiger partial charge >= 0.3 is 0 Å². The Labute approximate surface area is 180 Å². The standard InChI is InChI=1S/C19H24ClN5O2S2/c1-5-8-23-25-15-7-6-12(10-22-15)14-9-13(20)16(28-14)19(4)11-29(26,27)18(2,3)17(21)24-19/h6-10H,5,11H2,1-4H3,(H2,21,24)(H,22,25)/b23-8-/t19-/m0/s1. The van der Waals surface area contributed by atoms with Gasteiger partial charge in [-0.05, 0) is 45.4 Å². The van der Waals surface area contributed by atoms with Crippen LogP contribution < -0.4 is 11.2 Å². The van der Waals surface area contributed by atoms with Gasteiger partial charge in [-0.1, -0.05) is 18.5 Å². The molecule has 7 nitrogen and oxygen atoms in total. The Morgan fingerprint density at radius 2 is 2.10 bits per heavy atom. The van der Waals surface area contributed by atoms with Gasteiger partial charge in [0.1, 0.15) is 21.9 Å². The van der Waals surface area contributed by atoms with Crippen LogP contribution >= 0.6 is 22.9 Å². The summed E-state index contributed by atoms with van der Waals surface area (Å²) in [6.45, 7) is 6.91. The molecule has 0 saturated carbocycles. The monoisotopic (exact) mass is 453 g/mol. The summed E-state index contributed by atoms with van der Waals surface area (Å²) in [5.41, 5.74) is 8.74. The molecule has 1 atom stereocenters. The number of halogens is 1. The minimum atomic E-state index is -3.50. The fraction of sp³-hybridized carbons (Fsp3) is 0.421. The first kappa shape index (κ1) is 21.7. The minimum absolute atomic E-state index is 0.0991. The number of amidine groups is 1. The van der Waals surface area contributed by atoms with Crippen LogP contribution in [-0.4, -0.2) is 36.0 Å². The van der Waals surface area contributed by atoms with Gasteiger partial charge in [0.05, 0.1) is 15.7 Å². The summed E-state index contributed by atoms with van der Waals surface area (Å²) < 4.78 is 24.4. The third kappa shape index (κ3) is 4.04. The Morgan fingerprint density at radius 1 is 1.38 bits per heavy atom. The van der Waals surface area contributed by atoms with E-state index in [4.69, 9.17) is 17.3 Å². The maximum atomic E-state index is 12.8. The van der Waals surface area contributed by atoms with E-state index >= 15 is 0 Å². The zero-order chi connectivity index (χ0) is 21.4. The van der Waals surface area contributed by atoms with Gasteiger partial charge in [-0.2, -0.15) is 5.10 Å². The number of thiophene rings is 1. The molecule has 0 amide bonds. The van der Waals surface area contributed by atoms with Gasteiger partial charge in [-0.15, -0.1) is 11.3 Å². The molecule has 2 aromatic rings. The molecule has 0 radical (unpaired) electrons. The Kier molecular flexibility index (Phi) is 5.77. The van der Waals surface area contributed by atoms with Crippen LogP contribution in [0.3, 0.4) is 0 Å². The number of hydrazone groups is 1. The number of nitrogens with one attached hydrogen (secondary N) is 1. The van der Waals surface area contributed by atoms with Crippen molar-refractivity contribution in [1.29, 1.82) is 0 Å². The molecule has 3 N–H and O–H groups in total. The molecule has 0 fully saturated rings. The lowest BCUT2D eigenvalue weighted by Gasteiger charge is -2.37. The molecular weight excluding hydrogens is 430 g/mol. The van der Waals surface area contributed by atoms with Crippen LogP contribution in [0.2, 0.25) is 5.02 Å². The molecule has 0 aromatic carbocycles. The topological polar surface area (TPSA) is 110 Å². The maximum absolute atomic E-state index is 12.8. The van der Waals surface area contributed by atoms with Crippen molar-refractivity contribution < 1.29 is 8.42 Å². The predicted octanol–water partition coefficient (Wildman–Crippen LogP) is 4.05. The Hall–Kier alpha value is -1.97. The third-order valence-corrected chi connectivity index (χ3v) is 9.46. The van der Waals surface area contributed by atoms with E-state index < -0.39 is 20.1 Å². The number of nitrogens with zero attached hydrogens (tertiary/aromatic N) is 3. The maximum Gasteiger partial charge on any atom is 0.165 e. The zero-order valence-electron chi connectivity index (χ0n) is 16.7. The van der Waals surface area contributed by atoms with Crippen LogP contribution in [-0.2, 0) is 15.4 Å². The highest BCUT2D eigenvalue weighted by atomic mass is 35.5. The van der Waals surface area contributed by atoms with E-state index in [1.54, 1.807) is 33.2 Å². The quantitative estimate of drug-likeness (QED) is 0.524. The first-order valence-corrected chi connectivity index (χ1v) is 12.0. The molecule has 0 aliphatic carbocycles. The van der Waals surface area contributed by atoms with Crippen molar-refractivity contribution in [3.63, 3.8) is 0 Å². The number of pyridine rings is 1. The Bertz CT molecular complexity index is 1070. The SMILES string of the molecule is CC/C=N\Nc1ccc(-c2cc(Cl)c([C@]3(C)CS(=O)(=O)C(C)(C)C(N)=N3)s2)cn1. The van der Waals surface area contributed by atoms with E-state index in [1.807, 2.05) is 25.1 Å². The first-order valence-electron chi connectivity index (χ1n) is 9.12. The normalized spacial score (nSPS) is 23.1. The fourth-order valence-electron chi connectivity index (χ4n) is 2.95. The number of nitrogens with two attached hydrogens (primary N) is 1. The van der Waals surface area contributed by atoms with E-state index in [1.165, 1.54) is 11.3 Å². The highest BCUT2D eigenvalue weighted by molar-refractivity contribution is 7.93. The molecule has 0 saturated heterocycles. The molecule has 156 valence electrons. The number of hydrogen-bond acceptors (Lipinski definition) is 8. The van der Waals surface area contributed by atoms with Gasteiger partial charge in [0, 0.05) is 22.9 Å². The van der Waals surface area contributed by atoms with Crippen LogP contribution in [0.5, 0.6) is 0 Å². The summed E-state index contributed by atoms with van der Waals surface area (Å²) in [4.78, 5) is 10.4. The van der Waals surface area contributed by atoms with Crippen LogP contribution in [0.25, 0.3) is 10.4 Å². The second-order valence-electron chi connectivity index (χ2n) is 7.59. The van der Waals surface area contributed by atoms with Gasteiger partial charge in [0.2, 0.25) is 0 Å². The smallest absolute Gasteiger partial charge is 0.165 e. The Morgan fingerprint density at radius 3 is 2.69 bits per heavy atom. The fourth-order valence-corrected chi connectivity index (χ4v) is 6.33. The molecule has 0 bridgehead atoms. The first-order chi connectivity index (χ1) is 13.5. The van der Waals surface area contributed by atoms with Crippen molar-refractivity contribution in [3.8, 4) is 10.4 Å². The van der Waals surface area contributed by atoms with E-state index in [2.05, 4.69) is 20.5 Å². The van der Waals surface area contributed by atoms with E-state index in [-0.39, 0.29) is 11.6 Å². The molecule has 3 heterocycles. The highest BCUT2D eigenvalue weighted by Gasteiger charge is 2.49. The second kappa shape index (κ2) is 7.70. The number of sulfone groups is 1. The zero-order valence-corrected chi connectivity index (χ0v) is 19.1. The summed E-state index contributed by atoms with van der Waals surface area (Å²) in [5, 5.41) is 4.51. The van der Waals surface area contributed by atoms with Gasteiger partial charge in [0.25, 0.3) is 0 Å². The number of aliphatic imine (C=N–C) groups is 1. The average Bonchev–Trinajstić information content (AvgIpc) is 3.03. The molecule has 10 heteroatoms. The van der Waals surface area contributed by atoms with Crippen molar-refractivity contribution in [1.82, 2.24) is 4.98 Å². The predicted molar refractivity (Wildman–Crippen MR) is 122 cm³/mol. The van der Waals surface area contributed by atoms with Gasteiger partial charge < -0.3 is 5.73 Å². The van der Waals surface area contributed by atoms with Crippen LogP contribution in [0.1, 0.15) is 39.0 Å². The highest BCUT2D eigenvalue weighted by Crippen LogP contribution is 2.45.